The van der Waals surface area contributed by atoms with Gasteiger partial charge in [-0.25, -0.2) is 12.8 Å². The molecule has 1 atom stereocenters. The van der Waals surface area contributed by atoms with Crippen LogP contribution in [0.25, 0.3) is 0 Å². The Morgan fingerprint density at radius 2 is 1.67 bits per heavy atom. The Kier molecular flexibility index (Phi) is 5.55. The van der Waals surface area contributed by atoms with Crippen molar-refractivity contribution in [3.05, 3.63) is 90.2 Å². The van der Waals surface area contributed by atoms with Crippen LogP contribution in [0.2, 0.25) is 0 Å². The van der Waals surface area contributed by atoms with Gasteiger partial charge in [0, 0.05) is 18.7 Å². The fourth-order valence-electron chi connectivity index (χ4n) is 3.48. The summed E-state index contributed by atoms with van der Waals surface area (Å²) in [5.74, 6) is 0.293. The zero-order chi connectivity index (χ0) is 21.1. The van der Waals surface area contributed by atoms with Crippen molar-refractivity contribution < 1.29 is 22.3 Å². The van der Waals surface area contributed by atoms with Gasteiger partial charge in [-0.15, -0.1) is 0 Å². The van der Waals surface area contributed by atoms with Crippen LogP contribution < -0.4 is 4.74 Å². The van der Waals surface area contributed by atoms with Crippen molar-refractivity contribution in [3.63, 3.8) is 0 Å². The lowest BCUT2D eigenvalue weighted by Crippen LogP contribution is -2.31. The van der Waals surface area contributed by atoms with Crippen molar-refractivity contribution in [2.75, 3.05) is 13.1 Å². The molecule has 1 aliphatic heterocycles. The van der Waals surface area contributed by atoms with Crippen molar-refractivity contribution in [3.8, 4) is 11.5 Å². The van der Waals surface area contributed by atoms with E-state index in [9.17, 15) is 17.6 Å². The Morgan fingerprint density at radius 1 is 0.933 bits per heavy atom. The smallest absolute Gasteiger partial charge is 0.254 e. The summed E-state index contributed by atoms with van der Waals surface area (Å²) in [6, 6.07) is 20.6. The van der Waals surface area contributed by atoms with Gasteiger partial charge in [0.05, 0.1) is 10.1 Å². The summed E-state index contributed by atoms with van der Waals surface area (Å²) >= 11 is 0. The molecule has 1 amide bonds. The van der Waals surface area contributed by atoms with Gasteiger partial charge in [0.25, 0.3) is 5.91 Å². The Balaban J connectivity index is 1.47. The highest BCUT2D eigenvalue weighted by Gasteiger charge is 2.36. The van der Waals surface area contributed by atoms with Gasteiger partial charge in [-0.2, -0.15) is 0 Å². The predicted molar refractivity (Wildman–Crippen MR) is 111 cm³/mol. The van der Waals surface area contributed by atoms with E-state index in [1.54, 1.807) is 59.5 Å². The molecule has 0 spiro atoms. The minimum absolute atomic E-state index is 0.152. The van der Waals surface area contributed by atoms with E-state index in [0.29, 0.717) is 30.0 Å². The highest BCUT2D eigenvalue weighted by molar-refractivity contribution is 7.92. The van der Waals surface area contributed by atoms with Crippen molar-refractivity contribution >= 4 is 15.7 Å². The summed E-state index contributed by atoms with van der Waals surface area (Å²) < 4.78 is 44.4. The number of ether oxygens (including phenoxy) is 1. The third kappa shape index (κ3) is 4.21. The fraction of sp³-hybridized carbons (Fsp3) is 0.174. The second-order valence-electron chi connectivity index (χ2n) is 7.10. The van der Waals surface area contributed by atoms with E-state index in [1.807, 2.05) is 0 Å². The van der Waals surface area contributed by atoms with Crippen molar-refractivity contribution in [1.29, 1.82) is 0 Å². The number of amides is 1. The number of nitrogens with zero attached hydrogens (tertiary/aromatic N) is 1. The molecule has 1 fully saturated rings. The number of sulfone groups is 1. The molecule has 4 rings (SSSR count). The van der Waals surface area contributed by atoms with Gasteiger partial charge in [0.2, 0.25) is 0 Å². The number of benzene rings is 3. The van der Waals surface area contributed by atoms with Gasteiger partial charge >= 0.3 is 0 Å². The minimum atomic E-state index is -3.49. The monoisotopic (exact) mass is 425 g/mol. The molecule has 0 N–H and O–H groups in total. The van der Waals surface area contributed by atoms with Crippen LogP contribution in [0.4, 0.5) is 4.39 Å². The standard InChI is InChI=1S/C23H20FNO4S/c24-18-9-11-19(12-10-18)29-20-6-4-5-17(15-20)23(26)25-14-13-22(16-25)30(27,28)21-7-2-1-3-8-21/h1-12,15,22H,13-14,16H2. The highest BCUT2D eigenvalue weighted by atomic mass is 32.2. The molecule has 0 aromatic heterocycles. The Hall–Kier alpha value is -3.19. The van der Waals surface area contributed by atoms with Crippen LogP contribution in [0.3, 0.4) is 0 Å². The van der Waals surface area contributed by atoms with Crippen LogP contribution in [-0.2, 0) is 9.84 Å². The first-order valence-corrected chi connectivity index (χ1v) is 11.1. The number of carbonyl (C=O) groups excluding carboxylic acids is 1. The molecule has 30 heavy (non-hydrogen) atoms. The molecule has 0 saturated carbocycles. The lowest BCUT2D eigenvalue weighted by molar-refractivity contribution is 0.0793. The van der Waals surface area contributed by atoms with E-state index in [2.05, 4.69) is 0 Å². The first-order chi connectivity index (χ1) is 14.4. The molecule has 3 aromatic carbocycles. The summed E-state index contributed by atoms with van der Waals surface area (Å²) in [4.78, 5) is 14.8. The van der Waals surface area contributed by atoms with E-state index >= 15 is 0 Å². The van der Waals surface area contributed by atoms with Gasteiger partial charge in [-0.1, -0.05) is 24.3 Å². The van der Waals surface area contributed by atoms with Crippen molar-refractivity contribution in [2.45, 2.75) is 16.6 Å². The molecule has 1 saturated heterocycles. The average molecular weight is 425 g/mol. The van der Waals surface area contributed by atoms with E-state index in [-0.39, 0.29) is 23.2 Å². The van der Waals surface area contributed by atoms with E-state index in [1.165, 1.54) is 24.3 Å². The molecule has 1 heterocycles. The quantitative estimate of drug-likeness (QED) is 0.611. The van der Waals surface area contributed by atoms with Crippen LogP contribution in [0.15, 0.2) is 83.8 Å². The first-order valence-electron chi connectivity index (χ1n) is 9.55. The molecule has 0 bridgehead atoms. The number of hydrogen-bond acceptors (Lipinski definition) is 4. The maximum absolute atomic E-state index is 13.0. The van der Waals surface area contributed by atoms with Crippen LogP contribution in [-0.4, -0.2) is 37.6 Å². The van der Waals surface area contributed by atoms with Gasteiger partial charge in [0.1, 0.15) is 17.3 Å². The zero-order valence-corrected chi connectivity index (χ0v) is 16.9. The highest BCUT2D eigenvalue weighted by Crippen LogP contribution is 2.27. The second-order valence-corrected chi connectivity index (χ2v) is 9.33. The molecular formula is C23H20FNO4S. The summed E-state index contributed by atoms with van der Waals surface area (Å²) in [5, 5.41) is -0.623. The number of carbonyl (C=O) groups is 1. The predicted octanol–water partition coefficient (Wildman–Crippen LogP) is 4.31. The number of likely N-dealkylation sites (tertiary alicyclic amines) is 1. The Labute approximate surface area is 174 Å². The fourth-order valence-corrected chi connectivity index (χ4v) is 5.20. The van der Waals surface area contributed by atoms with Crippen molar-refractivity contribution in [2.24, 2.45) is 0 Å². The maximum Gasteiger partial charge on any atom is 0.254 e. The first kappa shape index (κ1) is 20.1. The summed E-state index contributed by atoms with van der Waals surface area (Å²) in [7, 11) is -3.49. The van der Waals surface area contributed by atoms with E-state index in [4.69, 9.17) is 4.74 Å². The van der Waals surface area contributed by atoms with Crippen LogP contribution >= 0.6 is 0 Å². The average Bonchev–Trinajstić information content (AvgIpc) is 3.27. The molecule has 154 valence electrons. The minimum Gasteiger partial charge on any atom is -0.457 e. The lowest BCUT2D eigenvalue weighted by atomic mass is 10.2. The normalized spacial score (nSPS) is 16.4. The van der Waals surface area contributed by atoms with Crippen LogP contribution in [0.1, 0.15) is 16.8 Å². The molecule has 0 radical (unpaired) electrons. The summed E-state index contributed by atoms with van der Waals surface area (Å²) in [6.07, 6.45) is 0.398. The number of hydrogen-bond donors (Lipinski definition) is 0. The van der Waals surface area contributed by atoms with Crippen LogP contribution in [0.5, 0.6) is 11.5 Å². The summed E-state index contributed by atoms with van der Waals surface area (Å²) in [6.45, 7) is 0.526. The second kappa shape index (κ2) is 8.28. The van der Waals surface area contributed by atoms with Gasteiger partial charge in [-0.05, 0) is 61.0 Å². The molecule has 7 heteroatoms. The lowest BCUT2D eigenvalue weighted by Gasteiger charge is -2.17. The Bertz CT molecular complexity index is 1150. The summed E-state index contributed by atoms with van der Waals surface area (Å²) in [5.41, 5.74) is 0.410. The van der Waals surface area contributed by atoms with Crippen molar-refractivity contribution in [1.82, 2.24) is 4.90 Å². The number of halogens is 1. The van der Waals surface area contributed by atoms with E-state index < -0.39 is 15.1 Å². The van der Waals surface area contributed by atoms with E-state index in [0.717, 1.165) is 0 Å². The largest absolute Gasteiger partial charge is 0.457 e. The maximum atomic E-state index is 13.0. The molecule has 1 aliphatic rings. The number of rotatable bonds is 5. The molecule has 0 aliphatic carbocycles. The molecule has 3 aromatic rings. The third-order valence-corrected chi connectivity index (χ3v) is 7.26. The molecular weight excluding hydrogens is 405 g/mol. The Morgan fingerprint density at radius 3 is 2.40 bits per heavy atom. The zero-order valence-electron chi connectivity index (χ0n) is 16.1. The van der Waals surface area contributed by atoms with Gasteiger partial charge < -0.3 is 9.64 Å². The third-order valence-electron chi connectivity index (χ3n) is 5.07. The van der Waals surface area contributed by atoms with Gasteiger partial charge in [-0.3, -0.25) is 4.79 Å². The SMILES string of the molecule is O=C(c1cccc(Oc2ccc(F)cc2)c1)N1CCC(S(=O)(=O)c2ccccc2)C1. The molecule has 1 unspecified atom stereocenters. The topological polar surface area (TPSA) is 63.7 Å². The molecule has 5 nitrogen and oxygen atoms in total. The van der Waals surface area contributed by atoms with Gasteiger partial charge in [0.15, 0.2) is 9.84 Å². The van der Waals surface area contributed by atoms with Crippen LogP contribution in [0, 0.1) is 5.82 Å².